The number of imidazole rings is 1. The van der Waals surface area contributed by atoms with Crippen molar-refractivity contribution in [3.63, 3.8) is 0 Å². The third-order valence-corrected chi connectivity index (χ3v) is 3.31. The van der Waals surface area contributed by atoms with E-state index in [2.05, 4.69) is 21.5 Å². The molecule has 0 atom stereocenters. The number of unbranched alkanes of at least 4 members (excludes halogenated alkanes) is 1. The van der Waals surface area contributed by atoms with Gasteiger partial charge in [-0.25, -0.2) is 9.97 Å². The van der Waals surface area contributed by atoms with Crippen LogP contribution in [0.15, 0.2) is 12.3 Å². The molecule has 2 heterocycles. The molecule has 0 unspecified atom stereocenters. The molecule has 2 aromatic heterocycles. The number of ether oxygens (including phenoxy) is 1. The fourth-order valence-electron chi connectivity index (χ4n) is 2.14. The van der Waals surface area contributed by atoms with E-state index in [9.17, 15) is 0 Å². The first-order chi connectivity index (χ1) is 9.76. The zero-order valence-electron chi connectivity index (χ0n) is 11.8. The fraction of sp³-hybridized carbons (Fsp3) is 0.571. The zero-order valence-corrected chi connectivity index (χ0v) is 12.6. The lowest BCUT2D eigenvalue weighted by atomic mass is 10.2. The Morgan fingerprint density at radius 3 is 3.00 bits per heavy atom. The molecule has 110 valence electrons. The number of nitrogens with zero attached hydrogens (tertiary/aromatic N) is 3. The van der Waals surface area contributed by atoms with Gasteiger partial charge in [0.1, 0.15) is 11.3 Å². The van der Waals surface area contributed by atoms with Crippen molar-refractivity contribution in [1.29, 1.82) is 0 Å². The number of rotatable bonds is 8. The van der Waals surface area contributed by atoms with E-state index in [0.717, 1.165) is 42.8 Å². The summed E-state index contributed by atoms with van der Waals surface area (Å²) in [5.74, 6) is 1.05. The molecular formula is C14H21ClN4O. The minimum Gasteiger partial charge on any atom is -0.378 e. The summed E-state index contributed by atoms with van der Waals surface area (Å²) >= 11 is 5.98. The van der Waals surface area contributed by atoms with Crippen LogP contribution in [0.4, 0.5) is 0 Å². The van der Waals surface area contributed by atoms with Gasteiger partial charge in [-0.05, 0) is 12.5 Å². The Labute approximate surface area is 124 Å². The second kappa shape index (κ2) is 7.57. The van der Waals surface area contributed by atoms with Gasteiger partial charge in [-0.2, -0.15) is 0 Å². The number of nitrogens with two attached hydrogens (primary N) is 1. The Kier molecular flexibility index (Phi) is 5.76. The lowest BCUT2D eigenvalue weighted by Crippen LogP contribution is -2.14. The summed E-state index contributed by atoms with van der Waals surface area (Å²) in [7, 11) is 0. The average molecular weight is 297 g/mol. The number of fused-ring (bicyclic) bond motifs is 1. The monoisotopic (exact) mass is 296 g/mol. The zero-order chi connectivity index (χ0) is 14.4. The van der Waals surface area contributed by atoms with Crippen LogP contribution in [0.3, 0.4) is 0 Å². The second-order valence-corrected chi connectivity index (χ2v) is 5.12. The fourth-order valence-corrected chi connectivity index (χ4v) is 2.29. The van der Waals surface area contributed by atoms with Crippen molar-refractivity contribution in [2.75, 3.05) is 19.8 Å². The van der Waals surface area contributed by atoms with Crippen LogP contribution in [0, 0.1) is 0 Å². The van der Waals surface area contributed by atoms with Crippen LogP contribution in [-0.4, -0.2) is 34.3 Å². The Hall–Kier alpha value is -1.17. The van der Waals surface area contributed by atoms with E-state index in [1.807, 2.05) is 6.07 Å². The van der Waals surface area contributed by atoms with Gasteiger partial charge in [-0.15, -0.1) is 0 Å². The van der Waals surface area contributed by atoms with E-state index in [1.54, 1.807) is 6.20 Å². The predicted molar refractivity (Wildman–Crippen MR) is 81.0 cm³/mol. The third-order valence-electron chi connectivity index (χ3n) is 3.11. The molecule has 5 nitrogen and oxygen atoms in total. The topological polar surface area (TPSA) is 66.0 Å². The molecule has 0 spiro atoms. The summed E-state index contributed by atoms with van der Waals surface area (Å²) in [5.41, 5.74) is 7.14. The molecule has 0 fully saturated rings. The molecule has 0 aliphatic heterocycles. The van der Waals surface area contributed by atoms with Gasteiger partial charge in [0.2, 0.25) is 0 Å². The smallest absolute Gasteiger partial charge is 0.160 e. The highest BCUT2D eigenvalue weighted by Gasteiger charge is 2.11. The Morgan fingerprint density at radius 1 is 1.40 bits per heavy atom. The number of aryl methyl sites for hydroxylation is 1. The molecule has 2 N–H and O–H groups in total. The molecule has 0 aromatic carbocycles. The van der Waals surface area contributed by atoms with Crippen molar-refractivity contribution < 1.29 is 4.74 Å². The Bertz CT molecular complexity index is 555. The molecular weight excluding hydrogens is 276 g/mol. The van der Waals surface area contributed by atoms with Crippen LogP contribution in [-0.2, 0) is 17.7 Å². The number of hydrogen-bond acceptors (Lipinski definition) is 4. The molecule has 6 heteroatoms. The molecule has 0 amide bonds. The van der Waals surface area contributed by atoms with Crippen molar-refractivity contribution in [2.24, 2.45) is 5.73 Å². The Morgan fingerprint density at radius 2 is 2.25 bits per heavy atom. The van der Waals surface area contributed by atoms with Crippen LogP contribution >= 0.6 is 11.6 Å². The van der Waals surface area contributed by atoms with E-state index in [-0.39, 0.29) is 0 Å². The predicted octanol–water partition coefficient (Wildman–Crippen LogP) is 2.40. The molecule has 0 aliphatic rings. The lowest BCUT2D eigenvalue weighted by Gasteiger charge is -2.08. The second-order valence-electron chi connectivity index (χ2n) is 4.68. The van der Waals surface area contributed by atoms with E-state index in [4.69, 9.17) is 22.1 Å². The van der Waals surface area contributed by atoms with Gasteiger partial charge < -0.3 is 15.0 Å². The minimum absolute atomic E-state index is 0.543. The van der Waals surface area contributed by atoms with Crippen LogP contribution < -0.4 is 5.73 Å². The molecule has 20 heavy (non-hydrogen) atoms. The summed E-state index contributed by atoms with van der Waals surface area (Å²) in [6, 6.07) is 1.86. The average Bonchev–Trinajstić information content (AvgIpc) is 2.78. The Balaban J connectivity index is 2.22. The molecule has 0 saturated heterocycles. The molecule has 0 aliphatic carbocycles. The highest BCUT2D eigenvalue weighted by Crippen LogP contribution is 2.19. The van der Waals surface area contributed by atoms with E-state index in [1.165, 1.54) is 0 Å². The summed E-state index contributed by atoms with van der Waals surface area (Å²) in [4.78, 5) is 9.04. The van der Waals surface area contributed by atoms with Crippen LogP contribution in [0.2, 0.25) is 5.02 Å². The van der Waals surface area contributed by atoms with Gasteiger partial charge in [0.15, 0.2) is 5.65 Å². The lowest BCUT2D eigenvalue weighted by molar-refractivity contribution is 0.133. The van der Waals surface area contributed by atoms with Crippen LogP contribution in [0.5, 0.6) is 0 Å². The van der Waals surface area contributed by atoms with Crippen molar-refractivity contribution in [2.45, 2.75) is 32.7 Å². The van der Waals surface area contributed by atoms with E-state index in [0.29, 0.717) is 24.8 Å². The minimum atomic E-state index is 0.543. The summed E-state index contributed by atoms with van der Waals surface area (Å²) in [5, 5.41) is 0.614. The number of halogens is 1. The highest BCUT2D eigenvalue weighted by atomic mass is 35.5. The molecule has 2 aromatic rings. The molecule has 0 saturated carbocycles. The highest BCUT2D eigenvalue weighted by molar-refractivity contribution is 6.31. The molecule has 0 radical (unpaired) electrons. The van der Waals surface area contributed by atoms with Gasteiger partial charge >= 0.3 is 0 Å². The third kappa shape index (κ3) is 3.69. The maximum atomic E-state index is 5.98. The normalized spacial score (nSPS) is 11.3. The first kappa shape index (κ1) is 15.2. The van der Waals surface area contributed by atoms with Gasteiger partial charge in [0.25, 0.3) is 0 Å². The SMILES string of the molecule is CCCCc1nc2cc(Cl)cnc2n1CCOCCN. The standard InChI is InChI=1S/C14H21ClN4O/c1-2-3-4-13-18-12-9-11(15)10-17-14(12)19(13)6-8-20-7-5-16/h9-10H,2-8,16H2,1H3. The maximum absolute atomic E-state index is 5.98. The van der Waals surface area contributed by atoms with Crippen molar-refractivity contribution in [3.05, 3.63) is 23.1 Å². The summed E-state index contributed by atoms with van der Waals surface area (Å²) in [6.07, 6.45) is 4.86. The number of pyridine rings is 1. The summed E-state index contributed by atoms with van der Waals surface area (Å²) < 4.78 is 7.58. The van der Waals surface area contributed by atoms with E-state index >= 15 is 0 Å². The van der Waals surface area contributed by atoms with E-state index < -0.39 is 0 Å². The van der Waals surface area contributed by atoms with Crippen LogP contribution in [0.25, 0.3) is 11.2 Å². The number of aromatic nitrogens is 3. The first-order valence-corrected chi connectivity index (χ1v) is 7.42. The molecule has 2 rings (SSSR count). The van der Waals surface area contributed by atoms with Crippen molar-refractivity contribution >= 4 is 22.8 Å². The maximum Gasteiger partial charge on any atom is 0.160 e. The van der Waals surface area contributed by atoms with Crippen LogP contribution in [0.1, 0.15) is 25.6 Å². The molecule has 0 bridgehead atoms. The van der Waals surface area contributed by atoms with Gasteiger partial charge in [0, 0.05) is 25.7 Å². The number of hydrogen-bond donors (Lipinski definition) is 1. The van der Waals surface area contributed by atoms with Gasteiger partial charge in [-0.3, -0.25) is 0 Å². The van der Waals surface area contributed by atoms with Crippen molar-refractivity contribution in [1.82, 2.24) is 14.5 Å². The van der Waals surface area contributed by atoms with Gasteiger partial charge in [-0.1, -0.05) is 24.9 Å². The largest absolute Gasteiger partial charge is 0.378 e. The first-order valence-electron chi connectivity index (χ1n) is 7.04. The summed E-state index contributed by atoms with van der Waals surface area (Å²) in [6.45, 7) is 4.65. The van der Waals surface area contributed by atoms with Crippen molar-refractivity contribution in [3.8, 4) is 0 Å². The van der Waals surface area contributed by atoms with Gasteiger partial charge in [0.05, 0.1) is 18.2 Å². The quantitative estimate of drug-likeness (QED) is 0.760.